The topological polar surface area (TPSA) is 52.0 Å². The van der Waals surface area contributed by atoms with Crippen LogP contribution >= 0.6 is 0 Å². The second-order valence-corrected chi connectivity index (χ2v) is 5.79. The molecule has 4 N–H and O–H groups in total. The van der Waals surface area contributed by atoms with Gasteiger partial charge in [-0.25, -0.2) is 0 Å². The fraction of sp³-hybridized carbons (Fsp3) is 1.00. The molecular weight excluding hydrogens is 196 g/mol. The summed E-state index contributed by atoms with van der Waals surface area (Å²) in [6.07, 6.45) is 3.68. The Hall–Kier alpha value is -0.0800. The van der Waals surface area contributed by atoms with Gasteiger partial charge in [-0.05, 0) is 42.6 Å². The predicted molar refractivity (Wildman–Crippen MR) is 71.0 cm³/mol. The molecule has 2 heteroatoms. The largest absolute Gasteiger partial charge is 0.330 e. The smallest absolute Gasteiger partial charge is 0.00987 e. The lowest BCUT2D eigenvalue weighted by Crippen LogP contribution is -2.42. The van der Waals surface area contributed by atoms with Gasteiger partial charge in [0.2, 0.25) is 0 Å². The molecule has 1 aliphatic carbocycles. The van der Waals surface area contributed by atoms with Crippen LogP contribution in [0.1, 0.15) is 47.0 Å². The maximum Gasteiger partial charge on any atom is 0.00987 e. The van der Waals surface area contributed by atoms with Crippen LogP contribution < -0.4 is 11.5 Å². The van der Waals surface area contributed by atoms with Crippen LogP contribution in [0.15, 0.2) is 0 Å². The van der Waals surface area contributed by atoms with Crippen molar-refractivity contribution in [1.82, 2.24) is 0 Å². The average Bonchev–Trinajstić information content (AvgIpc) is 2.38. The first-order chi connectivity index (χ1) is 7.56. The summed E-state index contributed by atoms with van der Waals surface area (Å²) < 4.78 is 0. The Kier molecular flexibility index (Phi) is 5.26. The van der Waals surface area contributed by atoms with Gasteiger partial charge < -0.3 is 11.5 Å². The van der Waals surface area contributed by atoms with Crippen molar-refractivity contribution in [2.45, 2.75) is 53.0 Å². The van der Waals surface area contributed by atoms with Gasteiger partial charge in [-0.3, -0.25) is 0 Å². The van der Waals surface area contributed by atoms with Gasteiger partial charge in [0.1, 0.15) is 0 Å². The van der Waals surface area contributed by atoms with E-state index in [-0.39, 0.29) is 0 Å². The summed E-state index contributed by atoms with van der Waals surface area (Å²) in [6, 6.07) is 0.357. The molecule has 96 valence electrons. The Morgan fingerprint density at radius 2 is 1.69 bits per heavy atom. The van der Waals surface area contributed by atoms with Gasteiger partial charge in [0, 0.05) is 6.04 Å². The zero-order chi connectivity index (χ0) is 12.3. The van der Waals surface area contributed by atoms with Crippen molar-refractivity contribution >= 4 is 0 Å². The van der Waals surface area contributed by atoms with Crippen LogP contribution in [0.3, 0.4) is 0 Å². The molecule has 2 nitrogen and oxygen atoms in total. The molecule has 16 heavy (non-hydrogen) atoms. The minimum Gasteiger partial charge on any atom is -0.330 e. The quantitative estimate of drug-likeness (QED) is 0.727. The van der Waals surface area contributed by atoms with E-state index in [1.54, 1.807) is 0 Å². The highest BCUT2D eigenvalue weighted by Gasteiger charge is 2.38. The molecule has 0 aromatic heterocycles. The summed E-state index contributed by atoms with van der Waals surface area (Å²) >= 11 is 0. The minimum atomic E-state index is 0.357. The molecule has 0 aromatic rings. The number of hydrogen-bond acceptors (Lipinski definition) is 2. The first kappa shape index (κ1) is 14.0. The predicted octanol–water partition coefficient (Wildman–Crippen LogP) is 2.62. The number of hydrogen-bond donors (Lipinski definition) is 2. The normalized spacial score (nSPS) is 45.4. The summed E-state index contributed by atoms with van der Waals surface area (Å²) in [4.78, 5) is 0. The van der Waals surface area contributed by atoms with Crippen LogP contribution in [0.4, 0.5) is 0 Å². The second kappa shape index (κ2) is 6.02. The molecule has 3 unspecified atom stereocenters. The Bertz CT molecular complexity index is 205. The van der Waals surface area contributed by atoms with Gasteiger partial charge in [0.05, 0.1) is 0 Å². The molecule has 0 heterocycles. The second-order valence-electron chi connectivity index (χ2n) is 5.79. The lowest BCUT2D eigenvalue weighted by Gasteiger charge is -2.33. The molecule has 0 spiro atoms. The average molecular weight is 226 g/mol. The van der Waals surface area contributed by atoms with E-state index in [1.165, 1.54) is 19.3 Å². The third kappa shape index (κ3) is 2.60. The molecule has 0 radical (unpaired) electrons. The summed E-state index contributed by atoms with van der Waals surface area (Å²) in [7, 11) is 0. The lowest BCUT2D eigenvalue weighted by atomic mass is 9.75. The number of rotatable bonds is 3. The zero-order valence-corrected chi connectivity index (χ0v) is 11.4. The Labute approximate surface area is 101 Å². The van der Waals surface area contributed by atoms with E-state index in [0.29, 0.717) is 23.8 Å². The monoisotopic (exact) mass is 226 g/mol. The third-order valence-electron chi connectivity index (χ3n) is 5.10. The molecule has 0 bridgehead atoms. The Morgan fingerprint density at radius 3 is 2.12 bits per heavy atom. The molecule has 0 aromatic carbocycles. The summed E-state index contributed by atoms with van der Waals surface area (Å²) in [5.41, 5.74) is 12.5. The molecule has 1 fully saturated rings. The molecule has 1 aliphatic rings. The maximum absolute atomic E-state index is 6.48. The van der Waals surface area contributed by atoms with Gasteiger partial charge in [-0.2, -0.15) is 0 Å². The van der Waals surface area contributed by atoms with Crippen LogP contribution in [0, 0.1) is 29.6 Å². The van der Waals surface area contributed by atoms with Crippen LogP contribution in [0.25, 0.3) is 0 Å². The van der Waals surface area contributed by atoms with Gasteiger partial charge in [0.15, 0.2) is 0 Å². The van der Waals surface area contributed by atoms with Crippen molar-refractivity contribution in [2.75, 3.05) is 6.54 Å². The van der Waals surface area contributed by atoms with Gasteiger partial charge >= 0.3 is 0 Å². The first-order valence-electron chi connectivity index (χ1n) is 7.02. The van der Waals surface area contributed by atoms with Crippen molar-refractivity contribution in [3.05, 3.63) is 0 Å². The van der Waals surface area contributed by atoms with Gasteiger partial charge in [-0.15, -0.1) is 0 Å². The van der Waals surface area contributed by atoms with E-state index in [0.717, 1.165) is 18.4 Å². The van der Waals surface area contributed by atoms with Crippen LogP contribution in [-0.2, 0) is 0 Å². The van der Waals surface area contributed by atoms with Crippen molar-refractivity contribution in [3.63, 3.8) is 0 Å². The third-order valence-corrected chi connectivity index (χ3v) is 5.10. The van der Waals surface area contributed by atoms with E-state index < -0.39 is 0 Å². The van der Waals surface area contributed by atoms with Crippen molar-refractivity contribution in [1.29, 1.82) is 0 Å². The molecule has 0 aliphatic heterocycles. The molecule has 6 atom stereocenters. The molecular formula is C14H30N2. The fourth-order valence-corrected chi connectivity index (χ4v) is 3.70. The minimum absolute atomic E-state index is 0.357. The highest BCUT2D eigenvalue weighted by Crippen LogP contribution is 2.40. The zero-order valence-electron chi connectivity index (χ0n) is 11.4. The van der Waals surface area contributed by atoms with Crippen LogP contribution in [-0.4, -0.2) is 12.6 Å². The molecule has 1 saturated carbocycles. The van der Waals surface area contributed by atoms with Crippen molar-refractivity contribution in [2.24, 2.45) is 41.1 Å². The van der Waals surface area contributed by atoms with E-state index in [2.05, 4.69) is 27.7 Å². The highest BCUT2D eigenvalue weighted by atomic mass is 14.7. The molecule has 1 rings (SSSR count). The lowest BCUT2D eigenvalue weighted by molar-refractivity contribution is 0.190. The summed E-state index contributed by atoms with van der Waals surface area (Å²) in [6.45, 7) is 10.1. The van der Waals surface area contributed by atoms with E-state index in [4.69, 9.17) is 11.5 Å². The summed E-state index contributed by atoms with van der Waals surface area (Å²) in [5.74, 6) is 3.42. The molecule has 0 amide bonds. The Morgan fingerprint density at radius 1 is 1.06 bits per heavy atom. The van der Waals surface area contributed by atoms with E-state index in [9.17, 15) is 0 Å². The standard InChI is InChI=1S/C14H30N2/c1-5-11-7-9(3)10(4)13(8-15)12(6-2)14(11)16/h9-14H,5-8,15-16H2,1-4H3/t9?,10-,11?,12?,13-,14+/m1/s1. The van der Waals surface area contributed by atoms with Crippen molar-refractivity contribution in [3.8, 4) is 0 Å². The van der Waals surface area contributed by atoms with Crippen LogP contribution in [0.2, 0.25) is 0 Å². The van der Waals surface area contributed by atoms with Gasteiger partial charge in [0.25, 0.3) is 0 Å². The SMILES string of the molecule is CCC1CC(C)[C@@H](C)[C@@H](CN)C(CC)[C@H]1N. The van der Waals surface area contributed by atoms with E-state index in [1.807, 2.05) is 0 Å². The number of nitrogens with two attached hydrogens (primary N) is 2. The summed E-state index contributed by atoms with van der Waals surface area (Å²) in [5, 5.41) is 0. The van der Waals surface area contributed by atoms with Gasteiger partial charge in [-0.1, -0.05) is 40.5 Å². The van der Waals surface area contributed by atoms with Crippen molar-refractivity contribution < 1.29 is 0 Å². The maximum atomic E-state index is 6.48. The fourth-order valence-electron chi connectivity index (χ4n) is 3.70. The van der Waals surface area contributed by atoms with Crippen LogP contribution in [0.5, 0.6) is 0 Å². The Balaban J connectivity index is 2.92. The first-order valence-corrected chi connectivity index (χ1v) is 7.02. The van der Waals surface area contributed by atoms with E-state index >= 15 is 0 Å². The molecule has 0 saturated heterocycles. The highest BCUT2D eigenvalue weighted by molar-refractivity contribution is 4.92.